The number of aromatic nitrogens is 3. The molecule has 0 bridgehead atoms. The fourth-order valence-corrected chi connectivity index (χ4v) is 4.23. The second kappa shape index (κ2) is 9.80. The monoisotopic (exact) mass is 423 g/mol. The van der Waals surface area contributed by atoms with E-state index in [0.29, 0.717) is 24.0 Å². The zero-order valence-electron chi connectivity index (χ0n) is 15.1. The number of rotatable bonds is 9. The first kappa shape index (κ1) is 20.5. The maximum absolute atomic E-state index is 12.4. The van der Waals surface area contributed by atoms with Crippen molar-refractivity contribution >= 4 is 41.0 Å². The van der Waals surface area contributed by atoms with Gasteiger partial charge in [0.1, 0.15) is 0 Å². The number of benzene rings is 1. The Labute approximate surface area is 169 Å². The lowest BCUT2D eigenvalue weighted by Crippen LogP contribution is -2.25. The standard InChI is InChI=1S/C17H21N5O4S2/c18-14(23)9-27-13-6-2-1-5-12(13)19-15(24)10-28-17-21-20-16(25)22(17)8-11-4-3-7-26-11/h1-2,5-6,11H,3-4,7-10H2,(H2,18,23)(H,19,24)(H,20,25). The number of hydrogen-bond donors (Lipinski definition) is 3. The summed E-state index contributed by atoms with van der Waals surface area (Å²) in [6.45, 7) is 1.13. The topological polar surface area (TPSA) is 132 Å². The van der Waals surface area contributed by atoms with Crippen LogP contribution < -0.4 is 16.7 Å². The van der Waals surface area contributed by atoms with Crippen LogP contribution in [-0.2, 0) is 20.9 Å². The van der Waals surface area contributed by atoms with E-state index in [-0.39, 0.29) is 29.2 Å². The van der Waals surface area contributed by atoms with E-state index in [1.165, 1.54) is 28.1 Å². The van der Waals surface area contributed by atoms with Crippen LogP contribution >= 0.6 is 23.5 Å². The van der Waals surface area contributed by atoms with Crippen LogP contribution in [0.3, 0.4) is 0 Å². The molecule has 28 heavy (non-hydrogen) atoms. The second-order valence-corrected chi connectivity index (χ2v) is 8.10. The number of nitrogens with two attached hydrogens (primary N) is 1. The first-order chi connectivity index (χ1) is 13.5. The zero-order valence-corrected chi connectivity index (χ0v) is 16.7. The number of H-pyrrole nitrogens is 1. The van der Waals surface area contributed by atoms with Gasteiger partial charge in [-0.05, 0) is 25.0 Å². The second-order valence-electron chi connectivity index (χ2n) is 6.14. The van der Waals surface area contributed by atoms with Gasteiger partial charge in [0, 0.05) is 11.5 Å². The summed E-state index contributed by atoms with van der Waals surface area (Å²) >= 11 is 2.44. The maximum Gasteiger partial charge on any atom is 0.344 e. The molecule has 1 aromatic carbocycles. The van der Waals surface area contributed by atoms with Gasteiger partial charge in [-0.3, -0.25) is 14.2 Å². The highest BCUT2D eigenvalue weighted by molar-refractivity contribution is 8.00. The van der Waals surface area contributed by atoms with Crippen molar-refractivity contribution in [3.8, 4) is 0 Å². The molecule has 1 aliphatic rings. The largest absolute Gasteiger partial charge is 0.376 e. The highest BCUT2D eigenvalue weighted by atomic mass is 32.2. The summed E-state index contributed by atoms with van der Waals surface area (Å²) in [6.07, 6.45) is 1.88. The van der Waals surface area contributed by atoms with E-state index >= 15 is 0 Å². The Morgan fingerprint density at radius 1 is 1.32 bits per heavy atom. The quantitative estimate of drug-likeness (QED) is 0.514. The highest BCUT2D eigenvalue weighted by Crippen LogP contribution is 2.27. The van der Waals surface area contributed by atoms with E-state index in [9.17, 15) is 14.4 Å². The third kappa shape index (κ3) is 5.63. The van der Waals surface area contributed by atoms with Crippen molar-refractivity contribution in [3.05, 3.63) is 34.7 Å². The van der Waals surface area contributed by atoms with Gasteiger partial charge in [0.05, 0.1) is 29.8 Å². The number of carbonyl (C=O) groups is 2. The van der Waals surface area contributed by atoms with Gasteiger partial charge in [-0.15, -0.1) is 16.9 Å². The molecule has 2 heterocycles. The fourth-order valence-electron chi connectivity index (χ4n) is 2.73. The molecule has 1 fully saturated rings. The number of nitrogens with one attached hydrogen (secondary N) is 2. The molecule has 0 aliphatic carbocycles. The summed E-state index contributed by atoms with van der Waals surface area (Å²) < 4.78 is 7.07. The minimum absolute atomic E-state index is 0.00219. The molecular weight excluding hydrogens is 402 g/mol. The lowest BCUT2D eigenvalue weighted by Gasteiger charge is -2.12. The summed E-state index contributed by atoms with van der Waals surface area (Å²) in [5.41, 5.74) is 5.48. The maximum atomic E-state index is 12.4. The van der Waals surface area contributed by atoms with Crippen molar-refractivity contribution in [3.63, 3.8) is 0 Å². The number of hydrogen-bond acceptors (Lipinski definition) is 7. The van der Waals surface area contributed by atoms with Crippen molar-refractivity contribution < 1.29 is 14.3 Å². The molecule has 1 aliphatic heterocycles. The SMILES string of the molecule is NC(=O)CSc1ccccc1NC(=O)CSc1n[nH]c(=O)n1CC1CCCO1. The molecule has 2 aromatic rings. The lowest BCUT2D eigenvalue weighted by molar-refractivity contribution is -0.115. The normalized spacial score (nSPS) is 16.2. The van der Waals surface area contributed by atoms with Crippen LogP contribution in [0.2, 0.25) is 0 Å². The highest BCUT2D eigenvalue weighted by Gasteiger charge is 2.20. The zero-order chi connectivity index (χ0) is 19.9. The van der Waals surface area contributed by atoms with Gasteiger partial charge < -0.3 is 15.8 Å². The van der Waals surface area contributed by atoms with E-state index < -0.39 is 5.91 Å². The summed E-state index contributed by atoms with van der Waals surface area (Å²) in [5.74, 6) is -0.449. The summed E-state index contributed by atoms with van der Waals surface area (Å²) in [7, 11) is 0. The number of ether oxygens (including phenoxy) is 1. The molecule has 1 unspecified atom stereocenters. The molecule has 2 amide bonds. The van der Waals surface area contributed by atoms with Crippen molar-refractivity contribution in [1.29, 1.82) is 0 Å². The minimum atomic E-state index is -0.426. The van der Waals surface area contributed by atoms with Crippen molar-refractivity contribution in [2.24, 2.45) is 5.73 Å². The Kier molecular flexibility index (Phi) is 7.18. The molecule has 1 atom stereocenters. The smallest absolute Gasteiger partial charge is 0.344 e. The summed E-state index contributed by atoms with van der Waals surface area (Å²) in [5, 5.41) is 9.70. The first-order valence-electron chi connectivity index (χ1n) is 8.72. The van der Waals surface area contributed by atoms with Crippen molar-refractivity contribution in [2.75, 3.05) is 23.4 Å². The number of amides is 2. The van der Waals surface area contributed by atoms with E-state index in [1.54, 1.807) is 12.1 Å². The predicted octanol–water partition coefficient (Wildman–Crippen LogP) is 1.06. The van der Waals surface area contributed by atoms with E-state index in [2.05, 4.69) is 15.5 Å². The first-order valence-corrected chi connectivity index (χ1v) is 10.7. The van der Waals surface area contributed by atoms with E-state index in [4.69, 9.17) is 10.5 Å². The van der Waals surface area contributed by atoms with E-state index in [0.717, 1.165) is 17.7 Å². The van der Waals surface area contributed by atoms with Crippen molar-refractivity contribution in [2.45, 2.75) is 35.5 Å². The molecule has 4 N–H and O–H groups in total. The summed E-state index contributed by atoms with van der Waals surface area (Å²) in [4.78, 5) is 36.1. The average Bonchev–Trinajstić information content (AvgIpc) is 3.30. The van der Waals surface area contributed by atoms with Gasteiger partial charge in [0.25, 0.3) is 0 Å². The molecular formula is C17H21N5O4S2. The molecule has 11 heteroatoms. The van der Waals surface area contributed by atoms with Crippen LogP contribution in [0.25, 0.3) is 0 Å². The Hall–Kier alpha value is -2.24. The molecule has 1 aromatic heterocycles. The van der Waals surface area contributed by atoms with Gasteiger partial charge in [0.2, 0.25) is 11.8 Å². The van der Waals surface area contributed by atoms with Gasteiger partial charge in [-0.25, -0.2) is 9.89 Å². The van der Waals surface area contributed by atoms with Gasteiger partial charge in [-0.1, -0.05) is 23.9 Å². The third-order valence-electron chi connectivity index (χ3n) is 4.00. The lowest BCUT2D eigenvalue weighted by atomic mass is 10.2. The molecule has 0 spiro atoms. The number of para-hydroxylation sites is 1. The molecule has 3 rings (SSSR count). The molecule has 150 valence electrons. The fraction of sp³-hybridized carbons (Fsp3) is 0.412. The molecule has 1 saturated heterocycles. The number of anilines is 1. The van der Waals surface area contributed by atoms with Crippen LogP contribution in [0.1, 0.15) is 12.8 Å². The van der Waals surface area contributed by atoms with Crippen LogP contribution in [0, 0.1) is 0 Å². The van der Waals surface area contributed by atoms with Gasteiger partial charge in [-0.2, -0.15) is 0 Å². The van der Waals surface area contributed by atoms with E-state index in [1.807, 2.05) is 12.1 Å². The Bertz CT molecular complexity index is 892. The average molecular weight is 424 g/mol. The Balaban J connectivity index is 1.58. The number of aromatic amines is 1. The van der Waals surface area contributed by atoms with Gasteiger partial charge in [0.15, 0.2) is 5.16 Å². The molecule has 0 saturated carbocycles. The predicted molar refractivity (Wildman–Crippen MR) is 108 cm³/mol. The Morgan fingerprint density at radius 2 is 2.14 bits per heavy atom. The van der Waals surface area contributed by atoms with Crippen LogP contribution in [0.4, 0.5) is 5.69 Å². The number of carbonyl (C=O) groups excluding carboxylic acids is 2. The minimum Gasteiger partial charge on any atom is -0.376 e. The van der Waals surface area contributed by atoms with Crippen LogP contribution in [-0.4, -0.2) is 50.8 Å². The third-order valence-corrected chi connectivity index (χ3v) is 6.07. The number of nitrogens with zero attached hydrogens (tertiary/aromatic N) is 2. The van der Waals surface area contributed by atoms with Crippen LogP contribution in [0.5, 0.6) is 0 Å². The van der Waals surface area contributed by atoms with Crippen LogP contribution in [0.15, 0.2) is 39.1 Å². The summed E-state index contributed by atoms with van der Waals surface area (Å²) in [6, 6.07) is 7.18. The Morgan fingerprint density at radius 3 is 2.89 bits per heavy atom. The number of thioether (sulfide) groups is 2. The van der Waals surface area contributed by atoms with Crippen molar-refractivity contribution in [1.82, 2.24) is 14.8 Å². The number of primary amides is 1. The molecule has 0 radical (unpaired) electrons. The molecule has 9 nitrogen and oxygen atoms in total. The van der Waals surface area contributed by atoms with Gasteiger partial charge >= 0.3 is 5.69 Å².